The van der Waals surface area contributed by atoms with Crippen LogP contribution in [0.25, 0.3) is 0 Å². The lowest BCUT2D eigenvalue weighted by atomic mass is 9.90. The lowest BCUT2D eigenvalue weighted by Gasteiger charge is -2.28. The molecular formula is C16H15Cl2N. The van der Waals surface area contributed by atoms with Gasteiger partial charge in [0.15, 0.2) is 0 Å². The highest BCUT2D eigenvalue weighted by atomic mass is 35.5. The van der Waals surface area contributed by atoms with Crippen molar-refractivity contribution in [1.29, 1.82) is 0 Å². The van der Waals surface area contributed by atoms with Gasteiger partial charge in [-0.3, -0.25) is 0 Å². The molecule has 19 heavy (non-hydrogen) atoms. The predicted octanol–water partition coefficient (Wildman–Crippen LogP) is 4.42. The van der Waals surface area contributed by atoms with Crippen LogP contribution in [0.5, 0.6) is 0 Å². The second-order valence-electron chi connectivity index (χ2n) is 4.88. The minimum absolute atomic E-state index is 0.248. The normalized spacial score (nSPS) is 18.1. The van der Waals surface area contributed by atoms with Gasteiger partial charge in [-0.2, -0.15) is 0 Å². The SMILES string of the molecule is Clc1ccc2c(c1Cl)[C@H](Cc1ccccc1)NCC2. The van der Waals surface area contributed by atoms with Crippen molar-refractivity contribution < 1.29 is 0 Å². The molecule has 2 aromatic carbocycles. The first kappa shape index (κ1) is 13.0. The van der Waals surface area contributed by atoms with E-state index in [-0.39, 0.29) is 6.04 Å². The molecule has 3 rings (SSSR count). The fourth-order valence-corrected chi connectivity index (χ4v) is 3.19. The fourth-order valence-electron chi connectivity index (χ4n) is 2.71. The Morgan fingerprint density at radius 1 is 1.05 bits per heavy atom. The van der Waals surface area contributed by atoms with Crippen LogP contribution in [0.3, 0.4) is 0 Å². The average Bonchev–Trinajstić information content (AvgIpc) is 2.44. The number of nitrogens with one attached hydrogen (secondary N) is 1. The van der Waals surface area contributed by atoms with E-state index >= 15 is 0 Å². The van der Waals surface area contributed by atoms with E-state index in [1.807, 2.05) is 12.1 Å². The van der Waals surface area contributed by atoms with E-state index in [0.717, 1.165) is 19.4 Å². The van der Waals surface area contributed by atoms with Crippen molar-refractivity contribution in [2.24, 2.45) is 0 Å². The highest BCUT2D eigenvalue weighted by Crippen LogP contribution is 2.36. The number of hydrogen-bond donors (Lipinski definition) is 1. The Kier molecular flexibility index (Phi) is 3.79. The summed E-state index contributed by atoms with van der Waals surface area (Å²) in [6.07, 6.45) is 1.95. The van der Waals surface area contributed by atoms with Crippen LogP contribution >= 0.6 is 23.2 Å². The summed E-state index contributed by atoms with van der Waals surface area (Å²) in [6, 6.07) is 14.7. The van der Waals surface area contributed by atoms with E-state index in [1.54, 1.807) is 0 Å². The maximum absolute atomic E-state index is 6.40. The van der Waals surface area contributed by atoms with Crippen molar-refractivity contribution in [1.82, 2.24) is 5.32 Å². The second-order valence-corrected chi connectivity index (χ2v) is 5.67. The van der Waals surface area contributed by atoms with Gasteiger partial charge in [-0.25, -0.2) is 0 Å². The van der Waals surface area contributed by atoms with Gasteiger partial charge in [-0.15, -0.1) is 0 Å². The van der Waals surface area contributed by atoms with Crippen LogP contribution in [-0.4, -0.2) is 6.54 Å². The minimum Gasteiger partial charge on any atom is -0.309 e. The van der Waals surface area contributed by atoms with Crippen molar-refractivity contribution >= 4 is 23.2 Å². The predicted molar refractivity (Wildman–Crippen MR) is 81.1 cm³/mol. The maximum atomic E-state index is 6.40. The third-order valence-corrected chi connectivity index (χ3v) is 4.46. The summed E-state index contributed by atoms with van der Waals surface area (Å²) in [4.78, 5) is 0. The zero-order chi connectivity index (χ0) is 13.2. The van der Waals surface area contributed by atoms with E-state index in [4.69, 9.17) is 23.2 Å². The summed E-state index contributed by atoms with van der Waals surface area (Å²) < 4.78 is 0. The van der Waals surface area contributed by atoms with Crippen LogP contribution in [0.2, 0.25) is 10.0 Å². The van der Waals surface area contributed by atoms with Crippen molar-refractivity contribution in [2.45, 2.75) is 18.9 Å². The lowest BCUT2D eigenvalue weighted by molar-refractivity contribution is 0.503. The number of halogens is 2. The quantitative estimate of drug-likeness (QED) is 0.863. The number of benzene rings is 2. The molecule has 0 bridgehead atoms. The molecule has 0 amide bonds. The van der Waals surface area contributed by atoms with Gasteiger partial charge in [0.1, 0.15) is 0 Å². The van der Waals surface area contributed by atoms with Crippen molar-refractivity contribution in [3.05, 3.63) is 69.2 Å². The number of fused-ring (bicyclic) bond motifs is 1. The van der Waals surface area contributed by atoms with Gasteiger partial charge in [-0.1, -0.05) is 59.6 Å². The Morgan fingerprint density at radius 3 is 2.63 bits per heavy atom. The van der Waals surface area contributed by atoms with Gasteiger partial charge in [0.25, 0.3) is 0 Å². The molecule has 0 spiro atoms. The fraction of sp³-hybridized carbons (Fsp3) is 0.250. The molecule has 0 radical (unpaired) electrons. The summed E-state index contributed by atoms with van der Waals surface area (Å²) in [5.74, 6) is 0. The topological polar surface area (TPSA) is 12.0 Å². The molecule has 98 valence electrons. The molecule has 2 aromatic rings. The smallest absolute Gasteiger partial charge is 0.0642 e. The Bertz CT molecular complexity index is 581. The summed E-state index contributed by atoms with van der Waals surface area (Å²) >= 11 is 12.6. The van der Waals surface area contributed by atoms with Gasteiger partial charge >= 0.3 is 0 Å². The van der Waals surface area contributed by atoms with E-state index in [0.29, 0.717) is 10.0 Å². The van der Waals surface area contributed by atoms with E-state index in [2.05, 4.69) is 35.6 Å². The molecule has 1 atom stereocenters. The minimum atomic E-state index is 0.248. The van der Waals surface area contributed by atoms with Crippen LogP contribution < -0.4 is 5.32 Å². The molecule has 0 fully saturated rings. The highest BCUT2D eigenvalue weighted by molar-refractivity contribution is 6.42. The monoisotopic (exact) mass is 291 g/mol. The first-order chi connectivity index (χ1) is 9.25. The number of rotatable bonds is 2. The third kappa shape index (κ3) is 2.64. The van der Waals surface area contributed by atoms with Crippen molar-refractivity contribution in [2.75, 3.05) is 6.54 Å². The zero-order valence-electron chi connectivity index (χ0n) is 10.5. The Hall–Kier alpha value is -1.02. The first-order valence-corrected chi connectivity index (χ1v) is 7.25. The average molecular weight is 292 g/mol. The summed E-state index contributed by atoms with van der Waals surface area (Å²) in [6.45, 7) is 0.989. The third-order valence-electron chi connectivity index (χ3n) is 3.64. The molecule has 1 N–H and O–H groups in total. The summed E-state index contributed by atoms with van der Waals surface area (Å²) in [7, 11) is 0. The molecule has 1 nitrogen and oxygen atoms in total. The van der Waals surface area contributed by atoms with E-state index < -0.39 is 0 Å². The molecule has 0 aliphatic carbocycles. The van der Waals surface area contributed by atoms with Gasteiger partial charge in [-0.05, 0) is 42.1 Å². The van der Waals surface area contributed by atoms with Crippen molar-refractivity contribution in [3.8, 4) is 0 Å². The van der Waals surface area contributed by atoms with Gasteiger partial charge < -0.3 is 5.32 Å². The van der Waals surface area contributed by atoms with Gasteiger partial charge in [0, 0.05) is 6.04 Å². The van der Waals surface area contributed by atoms with Crippen LogP contribution in [0.15, 0.2) is 42.5 Å². The molecule has 1 heterocycles. The molecule has 0 saturated heterocycles. The van der Waals surface area contributed by atoms with Crippen LogP contribution in [0, 0.1) is 0 Å². The zero-order valence-corrected chi connectivity index (χ0v) is 12.0. The summed E-state index contributed by atoms with van der Waals surface area (Å²) in [5.41, 5.74) is 3.79. The second kappa shape index (κ2) is 5.54. The molecule has 1 aliphatic heterocycles. The molecular weight excluding hydrogens is 277 g/mol. The standard InChI is InChI=1S/C16H15Cl2N/c17-13-7-6-12-8-9-19-14(15(12)16(13)18)10-11-4-2-1-3-5-11/h1-7,14,19H,8-10H2/t14-/m0/s1. The van der Waals surface area contributed by atoms with Crippen LogP contribution in [-0.2, 0) is 12.8 Å². The molecule has 0 unspecified atom stereocenters. The van der Waals surface area contributed by atoms with Gasteiger partial charge in [0.05, 0.1) is 10.0 Å². The number of hydrogen-bond acceptors (Lipinski definition) is 1. The highest BCUT2D eigenvalue weighted by Gasteiger charge is 2.23. The largest absolute Gasteiger partial charge is 0.309 e. The summed E-state index contributed by atoms with van der Waals surface area (Å²) in [5, 5.41) is 4.89. The maximum Gasteiger partial charge on any atom is 0.0642 e. The van der Waals surface area contributed by atoms with Crippen LogP contribution in [0.1, 0.15) is 22.7 Å². The first-order valence-electron chi connectivity index (χ1n) is 6.50. The Morgan fingerprint density at radius 2 is 1.84 bits per heavy atom. The molecule has 3 heteroatoms. The van der Waals surface area contributed by atoms with Crippen LogP contribution in [0.4, 0.5) is 0 Å². The lowest BCUT2D eigenvalue weighted by Crippen LogP contribution is -2.31. The van der Waals surface area contributed by atoms with Gasteiger partial charge in [0.2, 0.25) is 0 Å². The Balaban J connectivity index is 1.96. The molecule has 0 saturated carbocycles. The molecule has 1 aliphatic rings. The van der Waals surface area contributed by atoms with E-state index in [9.17, 15) is 0 Å². The van der Waals surface area contributed by atoms with E-state index in [1.165, 1.54) is 16.7 Å². The molecule has 0 aromatic heterocycles. The van der Waals surface area contributed by atoms with Crippen molar-refractivity contribution in [3.63, 3.8) is 0 Å². The Labute approximate surface area is 123 Å².